The van der Waals surface area contributed by atoms with E-state index in [1.807, 2.05) is 70.6 Å². The second-order valence-corrected chi connectivity index (χ2v) is 25.8. The summed E-state index contributed by atoms with van der Waals surface area (Å²) in [7, 11) is 10.7. The molecule has 0 atom stereocenters. The summed E-state index contributed by atoms with van der Waals surface area (Å²) in [5, 5.41) is 5.16. The van der Waals surface area contributed by atoms with Crippen LogP contribution in [0.1, 0.15) is 26.7 Å². The number of hydrogen-bond acceptors (Lipinski definition) is 6. The molecular formula is C38H38B2P2S6. The zero-order valence-corrected chi connectivity index (χ0v) is 34.0. The van der Waals surface area contributed by atoms with Gasteiger partial charge in [0.2, 0.25) is 0 Å². The molecule has 0 N–H and O–H groups in total. The lowest BCUT2D eigenvalue weighted by Crippen LogP contribution is -2.25. The third-order valence-electron chi connectivity index (χ3n) is 8.25. The smallest absolute Gasteiger partial charge is 0.0708 e. The normalized spacial score (nSPS) is 17.1. The molecule has 48 heavy (non-hydrogen) atoms. The first-order chi connectivity index (χ1) is 23.4. The van der Waals surface area contributed by atoms with Gasteiger partial charge in [-0.2, -0.15) is 14.3 Å². The summed E-state index contributed by atoms with van der Waals surface area (Å²) in [5.41, 5.74) is 0. The van der Waals surface area contributed by atoms with Gasteiger partial charge in [-0.25, -0.2) is 0 Å². The molecule has 0 saturated carbocycles. The highest BCUT2D eigenvalue weighted by molar-refractivity contribution is 8.40. The van der Waals surface area contributed by atoms with E-state index in [0.717, 1.165) is 36.7 Å². The molecule has 0 aliphatic carbocycles. The van der Waals surface area contributed by atoms with E-state index in [2.05, 4.69) is 135 Å². The molecule has 0 fully saturated rings. The fraction of sp³-hybridized carbons (Fsp3) is 0.211. The summed E-state index contributed by atoms with van der Waals surface area (Å²) < 4.78 is 5.78. The van der Waals surface area contributed by atoms with Gasteiger partial charge in [-0.15, -0.1) is 23.5 Å². The highest BCUT2D eigenvalue weighted by Crippen LogP contribution is 2.63. The van der Waals surface area contributed by atoms with E-state index in [1.54, 1.807) is 0 Å². The molecule has 0 unspecified atom stereocenters. The molecule has 2 aliphatic heterocycles. The van der Waals surface area contributed by atoms with Crippen molar-refractivity contribution in [2.24, 2.45) is 0 Å². The maximum atomic E-state index is 7.27. The van der Waals surface area contributed by atoms with E-state index in [-0.39, 0.29) is 0 Å². The molecule has 4 aromatic rings. The average molecular weight is 771 g/mol. The largest absolute Gasteiger partial charge is 0.292 e. The van der Waals surface area contributed by atoms with Crippen molar-refractivity contribution in [2.45, 2.75) is 26.7 Å². The third-order valence-corrected chi connectivity index (χ3v) is 24.1. The van der Waals surface area contributed by atoms with Crippen LogP contribution >= 0.6 is 84.9 Å². The van der Waals surface area contributed by atoms with Crippen LogP contribution in [-0.2, 0) is 0 Å². The predicted molar refractivity (Wildman–Crippen MR) is 236 cm³/mol. The number of allylic oxidation sites excluding steroid dienone is 2. The summed E-state index contributed by atoms with van der Waals surface area (Å²) in [6.07, 6.45) is 4.23. The second-order valence-electron chi connectivity index (χ2n) is 11.6. The first kappa shape index (κ1) is 37.0. The summed E-state index contributed by atoms with van der Waals surface area (Å²) >= 11 is 11.9. The Morgan fingerprint density at radius 3 is 1.04 bits per heavy atom. The Morgan fingerprint density at radius 1 is 0.458 bits per heavy atom. The maximum absolute atomic E-state index is 7.27. The molecule has 0 saturated heterocycles. The van der Waals surface area contributed by atoms with E-state index >= 15 is 0 Å². The molecule has 6 radical (unpaired) electrons. The van der Waals surface area contributed by atoms with Crippen molar-refractivity contribution in [2.75, 3.05) is 23.8 Å². The number of thioether (sulfide) groups is 6. The van der Waals surface area contributed by atoms with Gasteiger partial charge in [0.25, 0.3) is 0 Å². The minimum absolute atomic E-state index is 1.02. The van der Waals surface area contributed by atoms with Crippen molar-refractivity contribution < 1.29 is 0 Å². The minimum Gasteiger partial charge on any atom is -0.292 e. The molecule has 0 aromatic heterocycles. The van der Waals surface area contributed by atoms with E-state index in [9.17, 15) is 0 Å². The number of hydrogen-bond donors (Lipinski definition) is 0. The molecule has 10 heteroatoms. The quantitative estimate of drug-likeness (QED) is 0.0706. The predicted octanol–water partition coefficient (Wildman–Crippen LogP) is 11.2. The van der Waals surface area contributed by atoms with Crippen molar-refractivity contribution in [3.8, 4) is 0 Å². The second kappa shape index (κ2) is 17.6. The Labute approximate surface area is 317 Å². The molecule has 242 valence electrons. The van der Waals surface area contributed by atoms with Gasteiger partial charge in [0, 0.05) is 54.9 Å². The Bertz CT molecular complexity index is 1560. The lowest BCUT2D eigenvalue weighted by atomic mass is 10.4. The van der Waals surface area contributed by atoms with Crippen LogP contribution in [0, 0.1) is 0 Å². The number of benzene rings is 4. The van der Waals surface area contributed by atoms with Crippen molar-refractivity contribution in [1.29, 1.82) is 0 Å². The van der Waals surface area contributed by atoms with Crippen LogP contribution in [0.4, 0.5) is 0 Å². The van der Waals surface area contributed by atoms with E-state index in [1.165, 1.54) is 48.0 Å². The molecule has 2 heterocycles. The maximum Gasteiger partial charge on any atom is 0.0708 e. The van der Waals surface area contributed by atoms with Crippen LogP contribution in [-0.4, -0.2) is 39.0 Å². The van der Waals surface area contributed by atoms with Gasteiger partial charge in [0.1, 0.15) is 0 Å². The zero-order valence-electron chi connectivity index (χ0n) is 27.3. The topological polar surface area (TPSA) is 0 Å². The van der Waals surface area contributed by atoms with Crippen molar-refractivity contribution in [1.82, 2.24) is 0 Å². The Kier molecular flexibility index (Phi) is 13.6. The summed E-state index contributed by atoms with van der Waals surface area (Å²) in [6.45, 7) is 4.56. The Balaban J connectivity index is 1.00. The average Bonchev–Trinajstić information content (AvgIpc) is 3.70. The van der Waals surface area contributed by atoms with Gasteiger partial charge < -0.3 is 0 Å². The lowest BCUT2D eigenvalue weighted by Gasteiger charge is -2.37. The first-order valence-electron chi connectivity index (χ1n) is 16.1. The van der Waals surface area contributed by atoms with Crippen LogP contribution in [0.2, 0.25) is 0 Å². The van der Waals surface area contributed by atoms with Crippen LogP contribution < -0.4 is 21.2 Å². The fourth-order valence-corrected chi connectivity index (χ4v) is 20.4. The number of rotatable bonds is 14. The first-order valence-corrected chi connectivity index (χ1v) is 25.4. The van der Waals surface area contributed by atoms with Crippen LogP contribution in [0.3, 0.4) is 0 Å². The molecular weight excluding hydrogens is 732 g/mol. The molecule has 4 aromatic carbocycles. The fourth-order valence-electron chi connectivity index (χ4n) is 5.69. The van der Waals surface area contributed by atoms with E-state index in [0.29, 0.717) is 0 Å². The lowest BCUT2D eigenvalue weighted by molar-refractivity contribution is 1.12. The van der Waals surface area contributed by atoms with Crippen molar-refractivity contribution in [3.05, 3.63) is 148 Å². The van der Waals surface area contributed by atoms with Gasteiger partial charge in [-0.3, -0.25) is 15.1 Å². The molecule has 0 amide bonds. The highest BCUT2D eigenvalue weighted by Gasteiger charge is 2.29. The van der Waals surface area contributed by atoms with E-state index < -0.39 is 14.3 Å². The third kappa shape index (κ3) is 8.97. The van der Waals surface area contributed by atoms with Gasteiger partial charge in [-0.1, -0.05) is 120 Å². The molecule has 6 rings (SSSR count). The monoisotopic (exact) mass is 770 g/mol. The summed E-state index contributed by atoms with van der Waals surface area (Å²) in [6, 6.07) is 43.0. The molecule has 0 bridgehead atoms. The Morgan fingerprint density at radius 2 is 0.750 bits per heavy atom. The van der Waals surface area contributed by atoms with Crippen molar-refractivity contribution in [3.63, 3.8) is 0 Å². The molecule has 0 spiro atoms. The van der Waals surface area contributed by atoms with Gasteiger partial charge >= 0.3 is 0 Å². The van der Waals surface area contributed by atoms with Crippen molar-refractivity contribution >= 4 is 121 Å². The van der Waals surface area contributed by atoms with Crippen LogP contribution in [0.5, 0.6) is 0 Å². The van der Waals surface area contributed by atoms with Crippen LogP contribution in [0.15, 0.2) is 148 Å². The van der Waals surface area contributed by atoms with Crippen LogP contribution in [0.25, 0.3) is 0 Å². The highest BCUT2D eigenvalue weighted by atomic mass is 32.2. The molecule has 2 aliphatic rings. The van der Waals surface area contributed by atoms with Gasteiger partial charge in [-0.05, 0) is 75.2 Å². The Hall–Kier alpha value is -0.810. The molecule has 0 nitrogen and oxygen atoms in total. The summed E-state index contributed by atoms with van der Waals surface area (Å²) in [4.78, 5) is 2.86. The zero-order chi connectivity index (χ0) is 33.4. The summed E-state index contributed by atoms with van der Waals surface area (Å²) in [5.74, 6) is 2.16. The van der Waals surface area contributed by atoms with Gasteiger partial charge in [0.15, 0.2) is 0 Å². The van der Waals surface area contributed by atoms with Gasteiger partial charge in [0.05, 0.1) is 16.9 Å². The SMILES string of the molecule is [B-][P+](CCCSC1=C(C)S/C(=C2/SC(C)=C(SCCC[P+]([B-])(c3ccccc3)c3ccccc3)S2)S1)(c1ccccc1)c1ccccc1. The van der Waals surface area contributed by atoms with E-state index in [4.69, 9.17) is 15.1 Å². The standard InChI is InChI=1S/C38H38B2P2S6/c1-29-35(43-27-15-25-41(39,31-17-7-3-8-18-31)32-19-9-4-10-20-32)47-37(45-29)38-46-30(2)36(48-38)44-28-16-26-42(40,33-21-11-5-12-22-33)34-23-13-6-14-24-34/h3-14,17-24H,15-16,25-28H2,1-2H3/b38-37+. The minimum atomic E-state index is -1.92.